The fourth-order valence-electron chi connectivity index (χ4n) is 1.62. The fourth-order valence-corrected chi connectivity index (χ4v) is 1.86. The van der Waals surface area contributed by atoms with E-state index < -0.39 is 31.8 Å². The van der Waals surface area contributed by atoms with Gasteiger partial charge in [0, 0.05) is 19.3 Å². The summed E-state index contributed by atoms with van der Waals surface area (Å²) >= 11 is 5.90. The predicted molar refractivity (Wildman–Crippen MR) is 72.5 cm³/mol. The maximum atomic E-state index is 12.4. The number of aliphatic hydroxyl groups is 1. The number of anilines is 1. The minimum absolute atomic E-state index is 0.0700. The number of pyridine rings is 1. The zero-order valence-corrected chi connectivity index (χ0v) is 12.0. The van der Waals surface area contributed by atoms with E-state index in [0.29, 0.717) is 17.3 Å². The summed E-state index contributed by atoms with van der Waals surface area (Å²) in [6, 6.07) is 1.25. The van der Waals surface area contributed by atoms with Gasteiger partial charge < -0.3 is 15.3 Å². The van der Waals surface area contributed by atoms with Crippen molar-refractivity contribution in [1.29, 1.82) is 0 Å². The van der Waals surface area contributed by atoms with Crippen LogP contribution in [0.5, 0.6) is 0 Å². The molecule has 0 aliphatic carbocycles. The Kier molecular flexibility index (Phi) is 6.22. The summed E-state index contributed by atoms with van der Waals surface area (Å²) in [6.45, 7) is -0.0591. The van der Waals surface area contributed by atoms with Crippen LogP contribution < -0.4 is 5.32 Å². The first-order valence-corrected chi connectivity index (χ1v) is 6.52. The molecule has 0 aliphatic heterocycles. The van der Waals surface area contributed by atoms with Gasteiger partial charge in [-0.3, -0.25) is 4.79 Å². The number of aromatic nitrogens is 1. The van der Waals surface area contributed by atoms with Crippen molar-refractivity contribution in [2.24, 2.45) is 0 Å². The van der Waals surface area contributed by atoms with Crippen LogP contribution in [-0.4, -0.2) is 53.3 Å². The number of carbonyl (C=O) groups excluding carboxylic acids is 1. The molecule has 118 valence electrons. The molecule has 5 nitrogen and oxygen atoms in total. The van der Waals surface area contributed by atoms with Gasteiger partial charge in [0.1, 0.15) is 12.4 Å². The maximum Gasteiger partial charge on any atom is 0.406 e. The van der Waals surface area contributed by atoms with Crippen LogP contribution in [-0.2, 0) is 0 Å². The highest BCUT2D eigenvalue weighted by Gasteiger charge is 2.33. The zero-order valence-electron chi connectivity index (χ0n) is 11.2. The van der Waals surface area contributed by atoms with E-state index in [1.807, 2.05) is 6.92 Å². The van der Waals surface area contributed by atoms with Crippen molar-refractivity contribution < 1.29 is 23.1 Å². The quantitative estimate of drug-likeness (QED) is 0.841. The van der Waals surface area contributed by atoms with Crippen molar-refractivity contribution >= 4 is 23.3 Å². The van der Waals surface area contributed by atoms with Gasteiger partial charge in [-0.1, -0.05) is 11.6 Å². The molecule has 0 atom stereocenters. The molecule has 9 heteroatoms. The minimum atomic E-state index is -4.55. The third kappa shape index (κ3) is 5.39. The molecule has 0 aliphatic rings. The lowest BCUT2D eigenvalue weighted by molar-refractivity contribution is -0.141. The van der Waals surface area contributed by atoms with Crippen molar-refractivity contribution in [2.75, 3.05) is 31.6 Å². The number of carbonyl (C=O) groups is 1. The van der Waals surface area contributed by atoms with E-state index in [4.69, 9.17) is 16.7 Å². The number of hydrogen-bond donors (Lipinski definition) is 2. The number of hydrogen-bond acceptors (Lipinski definition) is 4. The van der Waals surface area contributed by atoms with Crippen LogP contribution >= 0.6 is 11.6 Å². The number of amides is 1. The summed E-state index contributed by atoms with van der Waals surface area (Å²) in [6.07, 6.45) is -3.40. The zero-order chi connectivity index (χ0) is 16.0. The molecule has 0 unspecified atom stereocenters. The Bertz CT molecular complexity index is 497. The van der Waals surface area contributed by atoms with Crippen LogP contribution in [0.2, 0.25) is 5.02 Å². The molecular weight excluding hydrogens is 311 g/mol. The number of rotatable bonds is 6. The van der Waals surface area contributed by atoms with Gasteiger partial charge in [-0.2, -0.15) is 13.2 Å². The summed E-state index contributed by atoms with van der Waals surface area (Å²) < 4.78 is 37.3. The van der Waals surface area contributed by atoms with Crippen LogP contribution in [0, 0.1) is 0 Å². The van der Waals surface area contributed by atoms with E-state index in [9.17, 15) is 18.0 Å². The molecule has 0 aromatic carbocycles. The molecule has 1 aromatic rings. The largest absolute Gasteiger partial charge is 0.406 e. The second kappa shape index (κ2) is 7.46. The van der Waals surface area contributed by atoms with Gasteiger partial charge in [0.15, 0.2) is 0 Å². The molecular formula is C12H15ClF3N3O2. The number of aliphatic hydroxyl groups excluding tert-OH is 1. The molecule has 0 fully saturated rings. The smallest absolute Gasteiger partial charge is 0.395 e. The fraction of sp³-hybridized carbons (Fsp3) is 0.500. The molecule has 0 spiro atoms. The maximum absolute atomic E-state index is 12.4. The van der Waals surface area contributed by atoms with Crippen LogP contribution in [0.3, 0.4) is 0 Å². The molecule has 2 N–H and O–H groups in total. The van der Waals surface area contributed by atoms with Crippen LogP contribution in [0.4, 0.5) is 19.0 Å². The Morgan fingerprint density at radius 2 is 2.19 bits per heavy atom. The van der Waals surface area contributed by atoms with E-state index in [-0.39, 0.29) is 10.6 Å². The highest BCUT2D eigenvalue weighted by molar-refractivity contribution is 6.33. The molecule has 21 heavy (non-hydrogen) atoms. The first kappa shape index (κ1) is 17.5. The second-order valence-electron chi connectivity index (χ2n) is 4.15. The summed E-state index contributed by atoms with van der Waals surface area (Å²) in [7, 11) is 0. The topological polar surface area (TPSA) is 65.5 Å². The summed E-state index contributed by atoms with van der Waals surface area (Å²) in [4.78, 5) is 16.4. The minimum Gasteiger partial charge on any atom is -0.395 e. The van der Waals surface area contributed by atoms with E-state index in [0.717, 1.165) is 6.20 Å². The average molecular weight is 326 g/mol. The van der Waals surface area contributed by atoms with E-state index in [1.165, 1.54) is 6.07 Å². The third-order valence-electron chi connectivity index (χ3n) is 2.46. The van der Waals surface area contributed by atoms with Crippen molar-refractivity contribution in [3.8, 4) is 0 Å². The number of nitrogens with one attached hydrogen (secondary N) is 1. The van der Waals surface area contributed by atoms with Crippen molar-refractivity contribution in [3.05, 3.63) is 22.8 Å². The van der Waals surface area contributed by atoms with Crippen molar-refractivity contribution in [2.45, 2.75) is 13.1 Å². The van der Waals surface area contributed by atoms with Gasteiger partial charge in [0.25, 0.3) is 5.91 Å². The van der Waals surface area contributed by atoms with Gasteiger partial charge in [-0.15, -0.1) is 0 Å². The summed E-state index contributed by atoms with van der Waals surface area (Å²) in [5.41, 5.74) is -0.0700. The number of alkyl halides is 3. The monoisotopic (exact) mass is 325 g/mol. The lowest BCUT2D eigenvalue weighted by Crippen LogP contribution is -2.40. The first-order valence-electron chi connectivity index (χ1n) is 6.14. The molecule has 1 amide bonds. The number of nitrogens with zero attached hydrogens (tertiary/aromatic N) is 2. The standard InChI is InChI=1S/C12H15ClF3N3O2/c1-2-17-10-9(13)5-8(6-18-10)11(21)19(3-4-20)7-12(14,15)16/h5-6,20H,2-4,7H2,1H3,(H,17,18). The van der Waals surface area contributed by atoms with Gasteiger partial charge in [0.05, 0.1) is 17.2 Å². The molecule has 0 saturated carbocycles. The van der Waals surface area contributed by atoms with Crippen molar-refractivity contribution in [3.63, 3.8) is 0 Å². The second-order valence-corrected chi connectivity index (χ2v) is 4.56. The van der Waals surface area contributed by atoms with Gasteiger partial charge >= 0.3 is 6.18 Å². The average Bonchev–Trinajstić information content (AvgIpc) is 2.38. The SMILES string of the molecule is CCNc1ncc(C(=O)N(CCO)CC(F)(F)F)cc1Cl. The Morgan fingerprint density at radius 1 is 1.52 bits per heavy atom. The summed E-state index contributed by atoms with van der Waals surface area (Å²) in [5.74, 6) is -0.543. The third-order valence-corrected chi connectivity index (χ3v) is 2.75. The Labute approximate surface area is 124 Å². The molecule has 1 rings (SSSR count). The Hall–Kier alpha value is -1.54. The summed E-state index contributed by atoms with van der Waals surface area (Å²) in [5, 5.41) is 11.8. The first-order chi connectivity index (χ1) is 9.78. The highest BCUT2D eigenvalue weighted by Crippen LogP contribution is 2.22. The molecule has 0 radical (unpaired) electrons. The Balaban J connectivity index is 2.95. The van der Waals surface area contributed by atoms with E-state index in [1.54, 1.807) is 0 Å². The molecule has 1 aromatic heterocycles. The molecule has 1 heterocycles. The van der Waals surface area contributed by atoms with Crippen LogP contribution in [0.1, 0.15) is 17.3 Å². The van der Waals surface area contributed by atoms with Gasteiger partial charge in [-0.05, 0) is 13.0 Å². The normalized spacial score (nSPS) is 11.3. The van der Waals surface area contributed by atoms with Gasteiger partial charge in [0.2, 0.25) is 0 Å². The van der Waals surface area contributed by atoms with Gasteiger partial charge in [-0.25, -0.2) is 4.98 Å². The van der Waals surface area contributed by atoms with Crippen LogP contribution in [0.25, 0.3) is 0 Å². The predicted octanol–water partition coefficient (Wildman–Crippen LogP) is 2.16. The van der Waals surface area contributed by atoms with Crippen LogP contribution in [0.15, 0.2) is 12.3 Å². The number of halogens is 4. The molecule has 0 saturated heterocycles. The Morgan fingerprint density at radius 3 is 2.67 bits per heavy atom. The van der Waals surface area contributed by atoms with Crippen molar-refractivity contribution in [1.82, 2.24) is 9.88 Å². The lowest BCUT2D eigenvalue weighted by Gasteiger charge is -2.23. The van der Waals surface area contributed by atoms with E-state index >= 15 is 0 Å². The lowest BCUT2D eigenvalue weighted by atomic mass is 10.2. The van der Waals surface area contributed by atoms with E-state index in [2.05, 4.69) is 10.3 Å². The molecule has 0 bridgehead atoms. The highest BCUT2D eigenvalue weighted by atomic mass is 35.5.